The zero-order valence-corrected chi connectivity index (χ0v) is 16.8. The maximum Gasteiger partial charge on any atom is 0.241 e. The Kier molecular flexibility index (Phi) is 5.69. The molecule has 0 heterocycles. The predicted octanol–water partition coefficient (Wildman–Crippen LogP) is 3.48. The van der Waals surface area contributed by atoms with Crippen molar-refractivity contribution in [2.45, 2.75) is 78.1 Å². The minimum absolute atomic E-state index is 0.0658. The number of benzene rings is 1. The van der Waals surface area contributed by atoms with E-state index in [1.165, 1.54) is 0 Å². The molecule has 0 bridgehead atoms. The van der Waals surface area contributed by atoms with Crippen LogP contribution in [0.15, 0.2) is 12.1 Å². The summed E-state index contributed by atoms with van der Waals surface area (Å²) >= 11 is 0. The Balaban J connectivity index is 2.10. The molecular weight excluding hydrogens is 328 g/mol. The quantitative estimate of drug-likeness (QED) is 0.719. The average Bonchev–Trinajstić information content (AvgIpc) is 3.34. The van der Waals surface area contributed by atoms with Crippen molar-refractivity contribution in [1.82, 2.24) is 10.9 Å². The Morgan fingerprint density at radius 1 is 1.00 bits per heavy atom. The summed E-state index contributed by atoms with van der Waals surface area (Å²) in [6.45, 7) is 12.4. The zero-order chi connectivity index (χ0) is 19.7. The summed E-state index contributed by atoms with van der Waals surface area (Å²) in [4.78, 5) is 23.6. The van der Waals surface area contributed by atoms with Crippen LogP contribution >= 0.6 is 0 Å². The van der Waals surface area contributed by atoms with Crippen LogP contribution in [0.2, 0.25) is 0 Å². The molecule has 1 aromatic rings. The van der Waals surface area contributed by atoms with Crippen molar-refractivity contribution in [1.29, 1.82) is 0 Å². The van der Waals surface area contributed by atoms with Gasteiger partial charge in [-0.3, -0.25) is 20.4 Å². The second-order valence-corrected chi connectivity index (χ2v) is 9.35. The van der Waals surface area contributed by atoms with Gasteiger partial charge in [0, 0.05) is 12.3 Å². The standard InChI is InChI=1S/C21H32N2O3/c1-20(2,3)15-11-13(12-16(18(15)25)21(4,5)6)7-10-17(24)22-23-19(26)14-8-9-14/h11-12,14,25H,7-10H2,1-6H3,(H,22,24)(H,23,26). The fourth-order valence-electron chi connectivity index (χ4n) is 2.88. The number of aryl methyl sites for hydroxylation is 1. The summed E-state index contributed by atoms with van der Waals surface area (Å²) in [5.74, 6) is 0.0979. The van der Waals surface area contributed by atoms with Crippen molar-refractivity contribution in [3.8, 4) is 5.75 Å². The molecule has 0 saturated heterocycles. The van der Waals surface area contributed by atoms with E-state index in [0.717, 1.165) is 29.5 Å². The Morgan fingerprint density at radius 2 is 1.50 bits per heavy atom. The van der Waals surface area contributed by atoms with Gasteiger partial charge in [0.1, 0.15) is 5.75 Å². The van der Waals surface area contributed by atoms with Crippen LogP contribution in [0.25, 0.3) is 0 Å². The number of carbonyl (C=O) groups is 2. The van der Waals surface area contributed by atoms with Crippen LogP contribution in [0.5, 0.6) is 5.75 Å². The molecule has 0 radical (unpaired) electrons. The molecule has 1 aromatic carbocycles. The van der Waals surface area contributed by atoms with E-state index >= 15 is 0 Å². The van der Waals surface area contributed by atoms with E-state index < -0.39 is 0 Å². The van der Waals surface area contributed by atoms with E-state index in [1.807, 2.05) is 12.1 Å². The third-order valence-corrected chi connectivity index (χ3v) is 4.70. The maximum atomic E-state index is 12.0. The van der Waals surface area contributed by atoms with Gasteiger partial charge in [-0.25, -0.2) is 0 Å². The lowest BCUT2D eigenvalue weighted by molar-refractivity contribution is -0.129. The lowest BCUT2D eigenvalue weighted by atomic mass is 9.78. The number of carbonyl (C=O) groups excluding carboxylic acids is 2. The summed E-state index contributed by atoms with van der Waals surface area (Å²) in [5, 5.41) is 10.7. The Hall–Kier alpha value is -2.04. The van der Waals surface area contributed by atoms with E-state index in [-0.39, 0.29) is 35.0 Å². The van der Waals surface area contributed by atoms with Crippen molar-refractivity contribution in [3.05, 3.63) is 28.8 Å². The first-order valence-electron chi connectivity index (χ1n) is 9.35. The van der Waals surface area contributed by atoms with Gasteiger partial charge in [-0.05, 0) is 46.8 Å². The van der Waals surface area contributed by atoms with Gasteiger partial charge in [0.2, 0.25) is 11.8 Å². The molecule has 0 aliphatic heterocycles. The van der Waals surface area contributed by atoms with Gasteiger partial charge in [0.15, 0.2) is 0 Å². The van der Waals surface area contributed by atoms with E-state index in [2.05, 4.69) is 52.4 Å². The third kappa shape index (κ3) is 5.23. The second-order valence-electron chi connectivity index (χ2n) is 9.35. The summed E-state index contributed by atoms with van der Waals surface area (Å²) in [7, 11) is 0. The van der Waals surface area contributed by atoms with Crippen molar-refractivity contribution in [2.24, 2.45) is 5.92 Å². The number of rotatable bonds is 4. The normalized spacial score (nSPS) is 14.8. The van der Waals surface area contributed by atoms with Crippen LogP contribution in [0.4, 0.5) is 0 Å². The predicted molar refractivity (Wildman–Crippen MR) is 103 cm³/mol. The summed E-state index contributed by atoms with van der Waals surface area (Å²) in [5.41, 5.74) is 7.38. The number of hydrogen-bond acceptors (Lipinski definition) is 3. The van der Waals surface area contributed by atoms with Crippen molar-refractivity contribution >= 4 is 11.8 Å². The van der Waals surface area contributed by atoms with Gasteiger partial charge < -0.3 is 5.11 Å². The van der Waals surface area contributed by atoms with Crippen molar-refractivity contribution in [3.63, 3.8) is 0 Å². The summed E-state index contributed by atoms with van der Waals surface area (Å²) in [6, 6.07) is 3.97. The van der Waals surface area contributed by atoms with Gasteiger partial charge in [0.25, 0.3) is 0 Å². The van der Waals surface area contributed by atoms with E-state index in [9.17, 15) is 14.7 Å². The first kappa shape index (κ1) is 20.3. The molecule has 2 amide bonds. The van der Waals surface area contributed by atoms with Gasteiger partial charge in [-0.1, -0.05) is 53.7 Å². The minimum Gasteiger partial charge on any atom is -0.507 e. The molecule has 26 heavy (non-hydrogen) atoms. The molecule has 5 heteroatoms. The number of aromatic hydroxyl groups is 1. The van der Waals surface area contributed by atoms with Gasteiger partial charge in [-0.15, -0.1) is 0 Å². The second kappa shape index (κ2) is 7.29. The molecule has 1 aliphatic carbocycles. The molecule has 2 rings (SSSR count). The lowest BCUT2D eigenvalue weighted by Crippen LogP contribution is -2.42. The first-order valence-corrected chi connectivity index (χ1v) is 9.35. The topological polar surface area (TPSA) is 78.4 Å². The first-order chi connectivity index (χ1) is 11.9. The third-order valence-electron chi connectivity index (χ3n) is 4.70. The number of phenolic OH excluding ortho intramolecular Hbond substituents is 1. The van der Waals surface area contributed by atoms with Crippen LogP contribution in [-0.2, 0) is 26.8 Å². The number of phenols is 1. The monoisotopic (exact) mass is 360 g/mol. The molecule has 144 valence electrons. The fourth-order valence-corrected chi connectivity index (χ4v) is 2.88. The van der Waals surface area contributed by atoms with Crippen LogP contribution in [-0.4, -0.2) is 16.9 Å². The molecule has 0 atom stereocenters. The molecule has 5 nitrogen and oxygen atoms in total. The highest BCUT2D eigenvalue weighted by atomic mass is 16.3. The fraction of sp³-hybridized carbons (Fsp3) is 0.619. The van der Waals surface area contributed by atoms with Gasteiger partial charge >= 0.3 is 0 Å². The van der Waals surface area contributed by atoms with Crippen molar-refractivity contribution < 1.29 is 14.7 Å². The molecule has 1 aliphatic rings. The largest absolute Gasteiger partial charge is 0.507 e. The lowest BCUT2D eigenvalue weighted by Gasteiger charge is -2.28. The van der Waals surface area contributed by atoms with Crippen LogP contribution in [0, 0.1) is 5.92 Å². The Bertz CT molecular complexity index is 657. The summed E-state index contributed by atoms with van der Waals surface area (Å²) in [6.07, 6.45) is 2.64. The molecule has 1 fully saturated rings. The molecular formula is C21H32N2O3. The maximum absolute atomic E-state index is 12.0. The van der Waals surface area contributed by atoms with Gasteiger partial charge in [-0.2, -0.15) is 0 Å². The number of hydrogen-bond donors (Lipinski definition) is 3. The average molecular weight is 360 g/mol. The minimum atomic E-state index is -0.207. The van der Waals surface area contributed by atoms with E-state index in [1.54, 1.807) is 0 Å². The number of nitrogens with one attached hydrogen (secondary N) is 2. The zero-order valence-electron chi connectivity index (χ0n) is 16.8. The molecule has 0 aromatic heterocycles. The highest BCUT2D eigenvalue weighted by Crippen LogP contribution is 2.40. The SMILES string of the molecule is CC(C)(C)c1cc(CCC(=O)NNC(=O)C2CC2)cc(C(C)(C)C)c1O. The molecule has 0 unspecified atom stereocenters. The molecule has 0 spiro atoms. The van der Waals surface area contributed by atoms with Crippen molar-refractivity contribution in [2.75, 3.05) is 0 Å². The summed E-state index contributed by atoms with van der Waals surface area (Å²) < 4.78 is 0. The smallest absolute Gasteiger partial charge is 0.241 e. The van der Waals surface area contributed by atoms with Crippen LogP contribution in [0.3, 0.4) is 0 Å². The molecule has 1 saturated carbocycles. The van der Waals surface area contributed by atoms with Gasteiger partial charge in [0.05, 0.1) is 0 Å². The number of amides is 2. The highest BCUT2D eigenvalue weighted by Gasteiger charge is 2.30. The Labute approximate surface area is 156 Å². The van der Waals surface area contributed by atoms with Crippen LogP contribution in [0.1, 0.15) is 77.5 Å². The van der Waals surface area contributed by atoms with E-state index in [4.69, 9.17) is 0 Å². The number of hydrazine groups is 1. The molecule has 3 N–H and O–H groups in total. The Morgan fingerprint density at radius 3 is 1.92 bits per heavy atom. The van der Waals surface area contributed by atoms with Crippen LogP contribution < -0.4 is 10.9 Å². The van der Waals surface area contributed by atoms with E-state index in [0.29, 0.717) is 12.2 Å². The highest BCUT2D eigenvalue weighted by molar-refractivity contribution is 5.84.